The molecule has 0 bridgehead atoms. The number of rotatable bonds is 3. The molecule has 8 nitrogen and oxygen atoms in total. The van der Waals surface area contributed by atoms with Crippen molar-refractivity contribution < 1.29 is 14.3 Å². The molecule has 2 N–H and O–H groups in total. The van der Waals surface area contributed by atoms with Crippen LogP contribution < -0.4 is 10.9 Å². The summed E-state index contributed by atoms with van der Waals surface area (Å²) in [6, 6.07) is 3.13. The highest BCUT2D eigenvalue weighted by Gasteiger charge is 2.27. The number of amides is 1. The highest BCUT2D eigenvalue weighted by molar-refractivity contribution is 7.99. The maximum atomic E-state index is 14.6. The Morgan fingerprint density at radius 1 is 1.52 bits per heavy atom. The summed E-state index contributed by atoms with van der Waals surface area (Å²) in [7, 11) is 0. The SMILES string of the molecule is CC(C)(C)c1ncc(-c2nc3n(c(=O)c2C#N)CC(CNC(=O)O)CS3)cc1F. The van der Waals surface area contributed by atoms with Gasteiger partial charge in [0, 0.05) is 41.9 Å². The van der Waals surface area contributed by atoms with Crippen LogP contribution >= 0.6 is 11.8 Å². The molecule has 1 atom stereocenters. The second kappa shape index (κ2) is 7.83. The van der Waals surface area contributed by atoms with Crippen LogP contribution in [-0.2, 0) is 12.0 Å². The first-order chi connectivity index (χ1) is 13.6. The van der Waals surface area contributed by atoms with Gasteiger partial charge in [-0.1, -0.05) is 32.5 Å². The van der Waals surface area contributed by atoms with Crippen LogP contribution in [0.1, 0.15) is 32.0 Å². The largest absolute Gasteiger partial charge is 0.465 e. The van der Waals surface area contributed by atoms with Gasteiger partial charge in [-0.15, -0.1) is 0 Å². The number of nitrogens with zero attached hydrogens (tertiary/aromatic N) is 4. The summed E-state index contributed by atoms with van der Waals surface area (Å²) in [4.78, 5) is 32.2. The van der Waals surface area contributed by atoms with Gasteiger partial charge in [0.05, 0.1) is 11.4 Å². The first-order valence-corrected chi connectivity index (χ1v) is 9.91. The summed E-state index contributed by atoms with van der Waals surface area (Å²) in [6.45, 7) is 5.97. The van der Waals surface area contributed by atoms with E-state index in [9.17, 15) is 19.2 Å². The first-order valence-electron chi connectivity index (χ1n) is 8.92. The fourth-order valence-corrected chi connectivity index (χ4v) is 4.17. The van der Waals surface area contributed by atoms with E-state index in [4.69, 9.17) is 5.11 Å². The van der Waals surface area contributed by atoms with Crippen molar-refractivity contribution in [1.29, 1.82) is 5.26 Å². The van der Waals surface area contributed by atoms with Gasteiger partial charge in [0.1, 0.15) is 17.4 Å². The predicted octanol–water partition coefficient (Wildman–Crippen LogP) is 2.60. The van der Waals surface area contributed by atoms with E-state index in [-0.39, 0.29) is 41.5 Å². The Bertz CT molecular complexity index is 1070. The summed E-state index contributed by atoms with van der Waals surface area (Å²) in [6.07, 6.45) is 0.295. The number of carboxylic acid groups (broad SMARTS) is 1. The Kier molecular flexibility index (Phi) is 5.61. The molecule has 152 valence electrons. The molecule has 1 unspecified atom stereocenters. The van der Waals surface area contributed by atoms with Gasteiger partial charge in [-0.25, -0.2) is 14.2 Å². The standard InChI is InChI=1S/C19H20FN5O3S/c1-19(2,3)15-13(20)4-11(7-22-15)14-12(5-21)16(26)25-8-10(6-23-18(27)28)9-29-17(25)24-14/h4,7,10,23H,6,8-9H2,1-3H3,(H,27,28). The van der Waals surface area contributed by atoms with Crippen molar-refractivity contribution in [1.82, 2.24) is 19.9 Å². The molecule has 0 saturated carbocycles. The lowest BCUT2D eigenvalue weighted by Gasteiger charge is -2.25. The molecule has 0 saturated heterocycles. The van der Waals surface area contributed by atoms with E-state index in [2.05, 4.69) is 15.3 Å². The van der Waals surface area contributed by atoms with E-state index in [0.717, 1.165) is 0 Å². The van der Waals surface area contributed by atoms with Gasteiger partial charge in [-0.2, -0.15) is 5.26 Å². The minimum atomic E-state index is -1.13. The normalized spacial score (nSPS) is 16.0. The molecule has 0 spiro atoms. The number of nitriles is 1. The van der Waals surface area contributed by atoms with Crippen LogP contribution in [0.4, 0.5) is 9.18 Å². The topological polar surface area (TPSA) is 121 Å². The second-order valence-corrected chi connectivity index (χ2v) is 8.80. The van der Waals surface area contributed by atoms with Crippen molar-refractivity contribution in [2.45, 2.75) is 37.9 Å². The lowest BCUT2D eigenvalue weighted by molar-refractivity contribution is 0.192. The highest BCUT2D eigenvalue weighted by Crippen LogP contribution is 2.30. The van der Waals surface area contributed by atoms with E-state index < -0.39 is 22.9 Å². The van der Waals surface area contributed by atoms with E-state index >= 15 is 0 Å². The molecule has 1 aliphatic rings. The first kappa shape index (κ1) is 20.8. The Morgan fingerprint density at radius 3 is 2.83 bits per heavy atom. The molecular weight excluding hydrogens is 397 g/mol. The van der Waals surface area contributed by atoms with Crippen molar-refractivity contribution in [3.05, 3.63) is 39.7 Å². The van der Waals surface area contributed by atoms with Crippen LogP contribution in [-0.4, -0.2) is 38.0 Å². The maximum Gasteiger partial charge on any atom is 0.404 e. The lowest BCUT2D eigenvalue weighted by Crippen LogP contribution is -2.38. The summed E-state index contributed by atoms with van der Waals surface area (Å²) in [5.74, 6) is -0.0650. The third kappa shape index (κ3) is 4.24. The highest BCUT2D eigenvalue weighted by atomic mass is 32.2. The molecule has 10 heteroatoms. The van der Waals surface area contributed by atoms with Crippen molar-refractivity contribution in [3.8, 4) is 17.3 Å². The van der Waals surface area contributed by atoms with Crippen molar-refractivity contribution in [2.75, 3.05) is 12.3 Å². The van der Waals surface area contributed by atoms with E-state index in [1.54, 1.807) is 0 Å². The number of thioether (sulfide) groups is 1. The molecule has 1 amide bonds. The number of halogens is 1. The van der Waals surface area contributed by atoms with Crippen molar-refractivity contribution in [3.63, 3.8) is 0 Å². The third-order valence-electron chi connectivity index (χ3n) is 4.50. The van der Waals surface area contributed by atoms with E-state index in [1.165, 1.54) is 28.6 Å². The van der Waals surface area contributed by atoms with E-state index in [1.807, 2.05) is 26.8 Å². The average Bonchev–Trinajstić information content (AvgIpc) is 2.65. The average molecular weight is 417 g/mol. The molecule has 3 rings (SSSR count). The number of pyridine rings is 1. The van der Waals surface area contributed by atoms with E-state index in [0.29, 0.717) is 10.9 Å². The van der Waals surface area contributed by atoms with Crippen molar-refractivity contribution >= 4 is 17.9 Å². The molecule has 2 aromatic rings. The zero-order valence-electron chi connectivity index (χ0n) is 16.2. The van der Waals surface area contributed by atoms with Crippen molar-refractivity contribution in [2.24, 2.45) is 5.92 Å². The predicted molar refractivity (Wildman–Crippen MR) is 105 cm³/mol. The quantitative estimate of drug-likeness (QED) is 0.736. The van der Waals surface area contributed by atoms with Crippen LogP contribution in [0, 0.1) is 23.1 Å². The summed E-state index contributed by atoms with van der Waals surface area (Å²) in [5, 5.41) is 21.0. The lowest BCUT2D eigenvalue weighted by atomic mass is 9.90. The fraction of sp³-hybridized carbons (Fsp3) is 0.421. The zero-order valence-corrected chi connectivity index (χ0v) is 17.0. The number of carbonyl (C=O) groups is 1. The molecule has 0 aromatic carbocycles. The minimum absolute atomic E-state index is 0.102. The molecule has 3 heterocycles. The third-order valence-corrected chi connectivity index (χ3v) is 5.71. The van der Waals surface area contributed by atoms with Gasteiger partial charge in [0.2, 0.25) is 0 Å². The summed E-state index contributed by atoms with van der Waals surface area (Å²) >= 11 is 1.30. The monoisotopic (exact) mass is 417 g/mol. The number of hydrogen-bond donors (Lipinski definition) is 2. The Hall–Kier alpha value is -2.93. The van der Waals surface area contributed by atoms with Crippen LogP contribution in [0.5, 0.6) is 0 Å². The van der Waals surface area contributed by atoms with Gasteiger partial charge in [0.25, 0.3) is 5.56 Å². The molecule has 0 fully saturated rings. The Labute approximate surface area is 170 Å². The zero-order chi connectivity index (χ0) is 21.3. The van der Waals surface area contributed by atoms with Gasteiger partial charge >= 0.3 is 6.09 Å². The number of hydrogen-bond acceptors (Lipinski definition) is 6. The molecule has 29 heavy (non-hydrogen) atoms. The number of aromatic nitrogens is 3. The molecule has 2 aromatic heterocycles. The number of fused-ring (bicyclic) bond motifs is 1. The summed E-state index contributed by atoms with van der Waals surface area (Å²) in [5.41, 5.74) is -0.546. The smallest absolute Gasteiger partial charge is 0.404 e. The minimum Gasteiger partial charge on any atom is -0.465 e. The van der Waals surface area contributed by atoms with Crippen LogP contribution in [0.25, 0.3) is 11.3 Å². The Morgan fingerprint density at radius 2 is 2.24 bits per heavy atom. The van der Waals surface area contributed by atoms with Gasteiger partial charge < -0.3 is 10.4 Å². The fourth-order valence-electron chi connectivity index (χ4n) is 3.09. The van der Waals surface area contributed by atoms with Crippen LogP contribution in [0.2, 0.25) is 0 Å². The van der Waals surface area contributed by atoms with Crippen LogP contribution in [0.3, 0.4) is 0 Å². The molecule has 1 aliphatic heterocycles. The van der Waals surface area contributed by atoms with Gasteiger partial charge in [0.15, 0.2) is 5.16 Å². The Balaban J connectivity index is 2.02. The molecule has 0 aliphatic carbocycles. The van der Waals surface area contributed by atoms with Gasteiger partial charge in [-0.05, 0) is 6.07 Å². The number of nitrogens with one attached hydrogen (secondary N) is 1. The second-order valence-electron chi connectivity index (χ2n) is 7.81. The summed E-state index contributed by atoms with van der Waals surface area (Å²) < 4.78 is 16.0. The maximum absolute atomic E-state index is 14.6. The molecular formula is C19H20FN5O3S. The molecule has 0 radical (unpaired) electrons. The van der Waals surface area contributed by atoms with Crippen LogP contribution in [0.15, 0.2) is 22.2 Å². The van der Waals surface area contributed by atoms with Gasteiger partial charge in [-0.3, -0.25) is 14.3 Å².